The topological polar surface area (TPSA) is 60.9 Å². The number of aromatic nitrogens is 1. The quantitative estimate of drug-likeness (QED) is 0.363. The van der Waals surface area contributed by atoms with E-state index in [1.54, 1.807) is 4.90 Å². The molecule has 32 heavy (non-hydrogen) atoms. The lowest BCUT2D eigenvalue weighted by molar-refractivity contribution is -0.117. The molecule has 0 spiro atoms. The number of carbonyl (C=O) groups is 1. The molecule has 0 saturated heterocycles. The maximum Gasteiger partial charge on any atom is 0.233 e. The van der Waals surface area contributed by atoms with Gasteiger partial charge in [-0.25, -0.2) is 4.98 Å². The van der Waals surface area contributed by atoms with Crippen molar-refractivity contribution < 1.29 is 19.0 Å². The molecular formula is C25H22N2O4S. The number of hydrogen-bond donors (Lipinski definition) is 0. The van der Waals surface area contributed by atoms with Crippen LogP contribution in [0.5, 0.6) is 17.2 Å². The number of thiazole rings is 1. The number of anilines is 2. The largest absolute Gasteiger partial charge is 0.492 e. The van der Waals surface area contributed by atoms with Crippen LogP contribution >= 0.6 is 11.3 Å². The van der Waals surface area contributed by atoms with Crippen LogP contribution in [0.3, 0.4) is 0 Å². The molecule has 3 aromatic carbocycles. The van der Waals surface area contributed by atoms with E-state index in [0.717, 1.165) is 27.3 Å². The Hall–Kier alpha value is -3.58. The van der Waals surface area contributed by atoms with Crippen molar-refractivity contribution >= 4 is 38.3 Å². The predicted molar refractivity (Wildman–Crippen MR) is 125 cm³/mol. The number of fused-ring (bicyclic) bond motifs is 2. The molecule has 4 aromatic rings. The molecule has 0 radical (unpaired) electrons. The van der Waals surface area contributed by atoms with E-state index >= 15 is 0 Å². The summed E-state index contributed by atoms with van der Waals surface area (Å²) in [5, 5.41) is 0.633. The fraction of sp³-hybridized carbons (Fsp3) is 0.200. The standard InChI is InChI=1S/C25H22N2O4S/c1-2-29-20-9-5-4-8-19(20)27(25-26-18-7-3-6-10-23(18)32-25)24(28)14-12-17-11-13-21-22(15-17)31-16-30-21/h3-11,13,15H,2,12,14,16H2,1H3. The van der Waals surface area contributed by atoms with Crippen LogP contribution in [-0.4, -0.2) is 24.3 Å². The van der Waals surface area contributed by atoms with Crippen molar-refractivity contribution in [3.05, 3.63) is 72.3 Å². The Balaban J connectivity index is 1.47. The summed E-state index contributed by atoms with van der Waals surface area (Å²) in [7, 11) is 0. The first kappa shape index (κ1) is 20.3. The first-order valence-electron chi connectivity index (χ1n) is 10.5. The van der Waals surface area contributed by atoms with Gasteiger partial charge in [0.25, 0.3) is 0 Å². The third kappa shape index (κ3) is 3.99. The van der Waals surface area contributed by atoms with E-state index in [2.05, 4.69) is 0 Å². The zero-order chi connectivity index (χ0) is 21.9. The Kier molecular flexibility index (Phi) is 5.64. The Morgan fingerprint density at radius 3 is 2.75 bits per heavy atom. The zero-order valence-electron chi connectivity index (χ0n) is 17.6. The van der Waals surface area contributed by atoms with Crippen molar-refractivity contribution in [1.82, 2.24) is 4.98 Å². The minimum absolute atomic E-state index is 0.0473. The second-order valence-electron chi connectivity index (χ2n) is 7.28. The first-order chi connectivity index (χ1) is 15.7. The highest BCUT2D eigenvalue weighted by Crippen LogP contribution is 2.39. The van der Waals surface area contributed by atoms with Crippen LogP contribution in [0.25, 0.3) is 10.2 Å². The van der Waals surface area contributed by atoms with Crippen LogP contribution in [0.1, 0.15) is 18.9 Å². The highest BCUT2D eigenvalue weighted by Gasteiger charge is 2.25. The van der Waals surface area contributed by atoms with Crippen molar-refractivity contribution in [2.75, 3.05) is 18.3 Å². The summed E-state index contributed by atoms with van der Waals surface area (Å²) in [6, 6.07) is 21.3. The number of aryl methyl sites for hydroxylation is 1. The summed E-state index contributed by atoms with van der Waals surface area (Å²) < 4.78 is 17.7. The van der Waals surface area contributed by atoms with Crippen LogP contribution in [0.15, 0.2) is 66.7 Å². The number of carbonyl (C=O) groups excluding carboxylic acids is 1. The SMILES string of the molecule is CCOc1ccccc1N(C(=O)CCc1ccc2c(c1)OCO2)c1nc2ccccc2s1. The van der Waals surface area contributed by atoms with Crippen molar-refractivity contribution in [3.63, 3.8) is 0 Å². The fourth-order valence-corrected chi connectivity index (χ4v) is 4.68. The van der Waals surface area contributed by atoms with Gasteiger partial charge >= 0.3 is 0 Å². The Labute approximate surface area is 190 Å². The summed E-state index contributed by atoms with van der Waals surface area (Å²) in [6.45, 7) is 2.67. The van der Waals surface area contributed by atoms with Crippen molar-refractivity contribution in [1.29, 1.82) is 0 Å². The Morgan fingerprint density at radius 1 is 1.06 bits per heavy atom. The van der Waals surface area contributed by atoms with E-state index in [1.165, 1.54) is 11.3 Å². The lowest BCUT2D eigenvalue weighted by Gasteiger charge is -2.22. The lowest BCUT2D eigenvalue weighted by Crippen LogP contribution is -2.26. The molecule has 0 atom stereocenters. The van der Waals surface area contributed by atoms with Crippen molar-refractivity contribution in [2.24, 2.45) is 0 Å². The number of benzene rings is 3. The molecule has 0 unspecified atom stereocenters. The molecule has 0 aliphatic carbocycles. The summed E-state index contributed by atoms with van der Waals surface area (Å²) >= 11 is 1.50. The van der Waals surface area contributed by atoms with Crippen LogP contribution in [-0.2, 0) is 11.2 Å². The summed E-state index contributed by atoms with van der Waals surface area (Å²) in [6.07, 6.45) is 0.893. The normalized spacial score (nSPS) is 12.2. The number of nitrogens with zero attached hydrogens (tertiary/aromatic N) is 2. The lowest BCUT2D eigenvalue weighted by atomic mass is 10.1. The average molecular weight is 447 g/mol. The van der Waals surface area contributed by atoms with E-state index in [1.807, 2.05) is 73.7 Å². The Morgan fingerprint density at radius 2 is 1.88 bits per heavy atom. The second-order valence-corrected chi connectivity index (χ2v) is 8.29. The minimum Gasteiger partial charge on any atom is -0.492 e. The summed E-state index contributed by atoms with van der Waals surface area (Å²) in [4.78, 5) is 20.0. The zero-order valence-corrected chi connectivity index (χ0v) is 18.4. The van der Waals surface area contributed by atoms with Crippen LogP contribution in [0.4, 0.5) is 10.8 Å². The van der Waals surface area contributed by atoms with Crippen LogP contribution in [0.2, 0.25) is 0 Å². The van der Waals surface area contributed by atoms with Crippen molar-refractivity contribution in [2.45, 2.75) is 19.8 Å². The molecule has 0 saturated carbocycles. The van der Waals surface area contributed by atoms with Gasteiger partial charge in [0.15, 0.2) is 16.6 Å². The molecule has 1 aliphatic rings. The van der Waals surface area contributed by atoms with Gasteiger partial charge < -0.3 is 14.2 Å². The van der Waals surface area contributed by atoms with Crippen LogP contribution in [0, 0.1) is 0 Å². The monoisotopic (exact) mass is 446 g/mol. The average Bonchev–Trinajstić information content (AvgIpc) is 3.45. The predicted octanol–water partition coefficient (Wildman–Crippen LogP) is 5.72. The maximum atomic E-state index is 13.6. The summed E-state index contributed by atoms with van der Waals surface area (Å²) in [5.41, 5.74) is 2.59. The second kappa shape index (κ2) is 8.88. The molecule has 0 N–H and O–H groups in total. The van der Waals surface area contributed by atoms with Crippen LogP contribution < -0.4 is 19.1 Å². The van der Waals surface area contributed by atoms with E-state index in [0.29, 0.717) is 36.0 Å². The van der Waals surface area contributed by atoms with Gasteiger partial charge in [0.2, 0.25) is 12.7 Å². The molecule has 0 bridgehead atoms. The smallest absolute Gasteiger partial charge is 0.233 e. The van der Waals surface area contributed by atoms with E-state index in [-0.39, 0.29) is 12.7 Å². The molecule has 6 nitrogen and oxygen atoms in total. The Bertz CT molecular complexity index is 1240. The summed E-state index contributed by atoms with van der Waals surface area (Å²) in [5.74, 6) is 2.07. The highest BCUT2D eigenvalue weighted by atomic mass is 32.1. The number of amides is 1. The third-order valence-electron chi connectivity index (χ3n) is 5.19. The first-order valence-corrected chi connectivity index (χ1v) is 11.3. The van der Waals surface area contributed by atoms with Gasteiger partial charge in [0.05, 0.1) is 22.5 Å². The van der Waals surface area contributed by atoms with Gasteiger partial charge in [-0.2, -0.15) is 0 Å². The molecule has 7 heteroatoms. The number of hydrogen-bond acceptors (Lipinski definition) is 6. The number of ether oxygens (including phenoxy) is 3. The van der Waals surface area contributed by atoms with E-state index < -0.39 is 0 Å². The van der Waals surface area contributed by atoms with Gasteiger partial charge in [-0.05, 0) is 55.3 Å². The number of rotatable bonds is 7. The highest BCUT2D eigenvalue weighted by molar-refractivity contribution is 7.22. The minimum atomic E-state index is -0.0473. The van der Waals surface area contributed by atoms with E-state index in [9.17, 15) is 4.79 Å². The van der Waals surface area contributed by atoms with Gasteiger partial charge in [0, 0.05) is 6.42 Å². The van der Waals surface area contributed by atoms with Gasteiger partial charge in [-0.15, -0.1) is 0 Å². The molecular weight excluding hydrogens is 424 g/mol. The molecule has 1 aliphatic heterocycles. The van der Waals surface area contributed by atoms with Gasteiger partial charge in [-0.1, -0.05) is 41.7 Å². The fourth-order valence-electron chi connectivity index (χ4n) is 3.68. The molecule has 1 aromatic heterocycles. The molecule has 0 fully saturated rings. The van der Waals surface area contributed by atoms with E-state index in [4.69, 9.17) is 19.2 Å². The molecule has 5 rings (SSSR count). The van der Waals surface area contributed by atoms with Crippen molar-refractivity contribution in [3.8, 4) is 17.2 Å². The van der Waals surface area contributed by atoms with Gasteiger partial charge in [0.1, 0.15) is 5.75 Å². The number of para-hydroxylation sites is 3. The molecule has 162 valence electrons. The maximum absolute atomic E-state index is 13.6. The molecule has 2 heterocycles. The third-order valence-corrected chi connectivity index (χ3v) is 6.22. The molecule has 1 amide bonds. The van der Waals surface area contributed by atoms with Gasteiger partial charge in [-0.3, -0.25) is 9.69 Å².